The Hall–Kier alpha value is -4.83. The molecule has 3 aromatic carbocycles. The molecular formula is C32H28N2O7S. The fourth-order valence-corrected chi connectivity index (χ4v) is 6.14. The normalized spacial score (nSPS) is 17.5. The molecule has 0 aliphatic carbocycles. The third-order valence-electron chi connectivity index (χ3n) is 6.94. The number of ketones is 1. The van der Waals surface area contributed by atoms with Gasteiger partial charge in [-0.1, -0.05) is 36.1 Å². The van der Waals surface area contributed by atoms with Crippen molar-refractivity contribution >= 4 is 44.1 Å². The zero-order valence-electron chi connectivity index (χ0n) is 23.1. The number of aromatic nitrogens is 1. The minimum Gasteiger partial charge on any atom is -0.507 e. The second-order valence-electron chi connectivity index (χ2n) is 9.73. The molecule has 10 heteroatoms. The summed E-state index contributed by atoms with van der Waals surface area (Å²) in [5.74, 6) is -0.0511. The van der Waals surface area contributed by atoms with Gasteiger partial charge in [-0.2, -0.15) is 0 Å². The number of carbonyl (C=O) groups excluding carboxylic acids is 2. The number of hydrogen-bond donors (Lipinski definition) is 1. The number of hydrogen-bond acceptors (Lipinski definition) is 9. The van der Waals surface area contributed by atoms with Crippen molar-refractivity contribution in [3.63, 3.8) is 0 Å². The summed E-state index contributed by atoms with van der Waals surface area (Å²) in [5, 5.41) is 12.0. The van der Waals surface area contributed by atoms with Gasteiger partial charge in [0.2, 0.25) is 0 Å². The highest BCUT2D eigenvalue weighted by Gasteiger charge is 2.48. The Morgan fingerprint density at radius 2 is 1.88 bits per heavy atom. The molecule has 1 N–H and O–H groups in total. The zero-order valence-corrected chi connectivity index (χ0v) is 23.9. The quantitative estimate of drug-likeness (QED) is 0.117. The van der Waals surface area contributed by atoms with E-state index in [-0.39, 0.29) is 17.9 Å². The highest BCUT2D eigenvalue weighted by atomic mass is 32.1. The molecule has 1 atom stereocenters. The molecule has 0 radical (unpaired) electrons. The lowest BCUT2D eigenvalue weighted by Gasteiger charge is -2.24. The molecule has 4 aromatic rings. The van der Waals surface area contributed by atoms with Crippen LogP contribution >= 0.6 is 11.3 Å². The predicted octanol–water partition coefficient (Wildman–Crippen LogP) is 5.97. The van der Waals surface area contributed by atoms with E-state index in [1.165, 1.54) is 16.2 Å². The fourth-order valence-electron chi connectivity index (χ4n) is 5.05. The summed E-state index contributed by atoms with van der Waals surface area (Å²) in [6.45, 7) is 8.93. The zero-order chi connectivity index (χ0) is 29.4. The molecule has 1 aromatic heterocycles. The van der Waals surface area contributed by atoms with Crippen molar-refractivity contribution in [1.82, 2.24) is 4.98 Å². The van der Waals surface area contributed by atoms with Crippen LogP contribution in [0.25, 0.3) is 16.0 Å². The molecule has 2 aliphatic heterocycles. The molecule has 6 rings (SSSR count). The molecule has 0 bridgehead atoms. The number of carbonyl (C=O) groups is 2. The van der Waals surface area contributed by atoms with Gasteiger partial charge < -0.3 is 24.1 Å². The van der Waals surface area contributed by atoms with E-state index in [1.54, 1.807) is 42.5 Å². The van der Waals surface area contributed by atoms with E-state index in [9.17, 15) is 14.7 Å². The van der Waals surface area contributed by atoms with Crippen LogP contribution in [-0.4, -0.2) is 48.2 Å². The number of nitrogens with zero attached hydrogens (tertiary/aromatic N) is 2. The van der Waals surface area contributed by atoms with E-state index in [0.717, 1.165) is 10.3 Å². The number of aliphatic hydroxyl groups excluding tert-OH is 1. The minimum absolute atomic E-state index is 0.0747. The number of Topliss-reactive ketones (excluding diaryl/α,β-unsaturated/α-hetero) is 1. The van der Waals surface area contributed by atoms with Gasteiger partial charge >= 0.3 is 5.91 Å². The fraction of sp³-hybridized carbons (Fsp3) is 0.219. The number of aliphatic hydroxyl groups is 1. The Kier molecular flexibility index (Phi) is 7.30. The highest BCUT2D eigenvalue weighted by molar-refractivity contribution is 7.22. The van der Waals surface area contributed by atoms with Crippen molar-refractivity contribution in [3.05, 3.63) is 89.5 Å². The molecule has 9 nitrogen and oxygen atoms in total. The lowest BCUT2D eigenvalue weighted by molar-refractivity contribution is -0.132. The second kappa shape index (κ2) is 11.2. The largest absolute Gasteiger partial charge is 0.507 e. The Labute approximate surface area is 246 Å². The summed E-state index contributed by atoms with van der Waals surface area (Å²) in [6, 6.07) is 14.9. The molecule has 214 valence electrons. The minimum atomic E-state index is -0.993. The van der Waals surface area contributed by atoms with Crippen LogP contribution < -0.4 is 23.8 Å². The van der Waals surface area contributed by atoms with Crippen LogP contribution in [0.5, 0.6) is 23.0 Å². The molecule has 0 unspecified atom stereocenters. The smallest absolute Gasteiger partial charge is 0.301 e. The first kappa shape index (κ1) is 27.3. The number of amides is 1. The SMILES string of the molecule is C=CCOc1ccc([C@@H]2/C(=C(\O)c3ccc4c(c3)OCCO4)C(=O)C(=O)N2c2nc3ccc(C)cc3s2)cc1OCC. The van der Waals surface area contributed by atoms with Crippen LogP contribution in [0.3, 0.4) is 0 Å². The number of aryl methyl sites for hydroxylation is 1. The summed E-state index contributed by atoms with van der Waals surface area (Å²) in [4.78, 5) is 33.5. The highest BCUT2D eigenvalue weighted by Crippen LogP contribution is 2.46. The number of ether oxygens (including phenoxy) is 4. The number of rotatable bonds is 8. The monoisotopic (exact) mass is 584 g/mol. The van der Waals surface area contributed by atoms with Gasteiger partial charge in [-0.3, -0.25) is 14.5 Å². The van der Waals surface area contributed by atoms with E-state index in [4.69, 9.17) is 23.9 Å². The molecular weight excluding hydrogens is 556 g/mol. The van der Waals surface area contributed by atoms with Crippen molar-refractivity contribution in [2.45, 2.75) is 19.9 Å². The van der Waals surface area contributed by atoms with Crippen molar-refractivity contribution in [3.8, 4) is 23.0 Å². The van der Waals surface area contributed by atoms with E-state index < -0.39 is 17.7 Å². The van der Waals surface area contributed by atoms with Gasteiger partial charge in [0.1, 0.15) is 25.6 Å². The van der Waals surface area contributed by atoms with Crippen LogP contribution in [0, 0.1) is 6.92 Å². The molecule has 1 amide bonds. The van der Waals surface area contributed by atoms with Crippen LogP contribution in [0.15, 0.2) is 72.8 Å². The molecule has 1 fully saturated rings. The van der Waals surface area contributed by atoms with Gasteiger partial charge in [0, 0.05) is 5.56 Å². The number of benzene rings is 3. The van der Waals surface area contributed by atoms with Crippen molar-refractivity contribution < 1.29 is 33.6 Å². The van der Waals surface area contributed by atoms with Crippen LogP contribution in [-0.2, 0) is 9.59 Å². The van der Waals surface area contributed by atoms with Gasteiger partial charge in [0.05, 0.1) is 28.4 Å². The van der Waals surface area contributed by atoms with Gasteiger partial charge in [-0.15, -0.1) is 0 Å². The maximum atomic E-state index is 13.7. The van der Waals surface area contributed by atoms with Crippen LogP contribution in [0.1, 0.15) is 29.7 Å². The van der Waals surface area contributed by atoms with Crippen LogP contribution in [0.2, 0.25) is 0 Å². The summed E-state index contributed by atoms with van der Waals surface area (Å²) in [6.07, 6.45) is 1.63. The van der Waals surface area contributed by atoms with Crippen molar-refractivity contribution in [2.24, 2.45) is 0 Å². The van der Waals surface area contributed by atoms with Crippen molar-refractivity contribution in [2.75, 3.05) is 31.3 Å². The Morgan fingerprint density at radius 1 is 1.07 bits per heavy atom. The predicted molar refractivity (Wildman–Crippen MR) is 160 cm³/mol. The molecule has 0 spiro atoms. The van der Waals surface area contributed by atoms with Gasteiger partial charge in [-0.05, 0) is 67.4 Å². The first-order valence-electron chi connectivity index (χ1n) is 13.5. The van der Waals surface area contributed by atoms with E-state index in [2.05, 4.69) is 6.58 Å². The average molecular weight is 585 g/mol. The first-order valence-corrected chi connectivity index (χ1v) is 14.3. The summed E-state index contributed by atoms with van der Waals surface area (Å²) >= 11 is 1.30. The molecule has 42 heavy (non-hydrogen) atoms. The first-order chi connectivity index (χ1) is 20.4. The average Bonchev–Trinajstić information content (AvgIpc) is 3.53. The molecule has 3 heterocycles. The Bertz CT molecular complexity index is 1760. The summed E-state index contributed by atoms with van der Waals surface area (Å²) < 4.78 is 23.8. The second-order valence-corrected chi connectivity index (χ2v) is 10.7. The standard InChI is InChI=1S/C32H28N2O7S/c1-4-12-39-22-10-7-19(16-24(22)38-5-2)28-27(29(35)20-8-11-23-25(17-20)41-14-13-40-23)30(36)31(37)34(28)32-33-21-9-6-18(3)15-26(21)42-32/h4,6-11,15-17,28,35H,1,5,12-14H2,2-3H3/b29-27+/t28-/m1/s1. The Morgan fingerprint density at radius 3 is 2.67 bits per heavy atom. The third kappa shape index (κ3) is 4.83. The summed E-state index contributed by atoms with van der Waals surface area (Å²) in [5.41, 5.74) is 2.54. The van der Waals surface area contributed by atoms with Crippen molar-refractivity contribution in [1.29, 1.82) is 0 Å². The molecule has 1 saturated heterocycles. The maximum absolute atomic E-state index is 13.7. The maximum Gasteiger partial charge on any atom is 0.301 e. The topological polar surface area (TPSA) is 107 Å². The number of anilines is 1. The van der Waals surface area contributed by atoms with E-state index in [1.807, 2.05) is 32.0 Å². The summed E-state index contributed by atoms with van der Waals surface area (Å²) in [7, 11) is 0. The van der Waals surface area contributed by atoms with Gasteiger partial charge in [0.15, 0.2) is 28.1 Å². The lowest BCUT2D eigenvalue weighted by atomic mass is 9.95. The third-order valence-corrected chi connectivity index (χ3v) is 7.96. The van der Waals surface area contributed by atoms with E-state index >= 15 is 0 Å². The molecule has 0 saturated carbocycles. The lowest BCUT2D eigenvalue weighted by Crippen LogP contribution is -2.29. The number of thiazole rings is 1. The van der Waals surface area contributed by atoms with E-state index in [0.29, 0.717) is 64.6 Å². The van der Waals surface area contributed by atoms with Crippen LogP contribution in [0.4, 0.5) is 5.13 Å². The molecule has 2 aliphatic rings. The van der Waals surface area contributed by atoms with Gasteiger partial charge in [-0.25, -0.2) is 4.98 Å². The van der Waals surface area contributed by atoms with Gasteiger partial charge in [0.25, 0.3) is 5.78 Å². The Balaban J connectivity index is 1.54. The number of fused-ring (bicyclic) bond motifs is 2.